The Labute approximate surface area is 189 Å². The molecule has 1 aliphatic heterocycles. The number of amides is 2. The number of fused-ring (bicyclic) bond motifs is 1. The standard InChI is InChI=1S/C24H23NO8/c1-14-4-9-17-18(11-14)23(29)25(22(17)28)12-21(27)32-13-19(26)15-5-7-16(8-6-15)33-24(30)20-3-2-10-31-20/h2-3,5-8,10,14,17-18H,4,9,11-13H2,1H3. The molecule has 2 aliphatic rings. The van der Waals surface area contributed by atoms with Gasteiger partial charge >= 0.3 is 11.9 Å². The number of esters is 2. The lowest BCUT2D eigenvalue weighted by Gasteiger charge is -2.25. The molecule has 9 nitrogen and oxygen atoms in total. The van der Waals surface area contributed by atoms with Crippen LogP contribution in [0.5, 0.6) is 5.75 Å². The van der Waals surface area contributed by atoms with Crippen LogP contribution in [0.15, 0.2) is 47.1 Å². The molecule has 4 rings (SSSR count). The van der Waals surface area contributed by atoms with Gasteiger partial charge in [-0.2, -0.15) is 0 Å². The molecular formula is C24H23NO8. The number of carbonyl (C=O) groups excluding carboxylic acids is 5. The van der Waals surface area contributed by atoms with Crippen molar-refractivity contribution in [2.75, 3.05) is 13.2 Å². The van der Waals surface area contributed by atoms with Crippen LogP contribution in [-0.4, -0.2) is 47.6 Å². The predicted molar refractivity (Wildman–Crippen MR) is 112 cm³/mol. The number of rotatable bonds is 7. The van der Waals surface area contributed by atoms with Crippen LogP contribution in [0.25, 0.3) is 0 Å². The van der Waals surface area contributed by atoms with Crippen LogP contribution in [0.3, 0.4) is 0 Å². The Bertz CT molecular complexity index is 1070. The summed E-state index contributed by atoms with van der Waals surface area (Å²) in [5.74, 6) is -2.73. The zero-order chi connectivity index (χ0) is 23.5. The highest BCUT2D eigenvalue weighted by molar-refractivity contribution is 6.07. The van der Waals surface area contributed by atoms with Crippen LogP contribution >= 0.6 is 0 Å². The lowest BCUT2D eigenvalue weighted by Crippen LogP contribution is -2.37. The first-order valence-electron chi connectivity index (χ1n) is 10.7. The molecule has 2 fully saturated rings. The molecule has 1 aliphatic carbocycles. The zero-order valence-corrected chi connectivity index (χ0v) is 18.0. The topological polar surface area (TPSA) is 120 Å². The van der Waals surface area contributed by atoms with E-state index in [2.05, 4.69) is 0 Å². The van der Waals surface area contributed by atoms with Crippen LogP contribution in [0.2, 0.25) is 0 Å². The van der Waals surface area contributed by atoms with Gasteiger partial charge in [-0.05, 0) is 61.6 Å². The number of ketones is 1. The maximum Gasteiger partial charge on any atom is 0.379 e. The highest BCUT2D eigenvalue weighted by Crippen LogP contribution is 2.40. The van der Waals surface area contributed by atoms with E-state index in [1.54, 1.807) is 6.07 Å². The van der Waals surface area contributed by atoms with Crippen LogP contribution in [-0.2, 0) is 19.1 Å². The van der Waals surface area contributed by atoms with E-state index in [1.807, 2.05) is 6.92 Å². The summed E-state index contributed by atoms with van der Waals surface area (Å²) in [6, 6.07) is 8.75. The molecule has 1 saturated heterocycles. The van der Waals surface area contributed by atoms with Gasteiger partial charge in [0.2, 0.25) is 17.6 Å². The second-order valence-corrected chi connectivity index (χ2v) is 8.37. The fourth-order valence-electron chi connectivity index (χ4n) is 4.28. The molecule has 0 N–H and O–H groups in total. The summed E-state index contributed by atoms with van der Waals surface area (Å²) in [6.07, 6.45) is 3.52. The van der Waals surface area contributed by atoms with Crippen molar-refractivity contribution >= 4 is 29.5 Å². The van der Waals surface area contributed by atoms with E-state index < -0.39 is 30.9 Å². The molecule has 2 heterocycles. The number of carbonyl (C=O) groups is 5. The number of imide groups is 1. The van der Waals surface area contributed by atoms with E-state index in [0.29, 0.717) is 18.8 Å². The van der Waals surface area contributed by atoms with E-state index in [4.69, 9.17) is 13.9 Å². The third-order valence-electron chi connectivity index (χ3n) is 6.04. The Kier molecular flexibility index (Phi) is 6.39. The summed E-state index contributed by atoms with van der Waals surface area (Å²) >= 11 is 0. The Balaban J connectivity index is 1.27. The minimum Gasteiger partial charge on any atom is -0.457 e. The van der Waals surface area contributed by atoms with E-state index in [-0.39, 0.29) is 40.7 Å². The summed E-state index contributed by atoms with van der Waals surface area (Å²) < 4.78 is 15.1. The van der Waals surface area contributed by atoms with Crippen LogP contribution in [0, 0.1) is 17.8 Å². The first-order valence-corrected chi connectivity index (χ1v) is 10.7. The third-order valence-corrected chi connectivity index (χ3v) is 6.04. The summed E-state index contributed by atoms with van der Waals surface area (Å²) in [6.45, 7) is 1.02. The van der Waals surface area contributed by atoms with Crippen molar-refractivity contribution in [3.63, 3.8) is 0 Å². The minimum atomic E-state index is -0.819. The van der Waals surface area contributed by atoms with Crippen molar-refractivity contribution in [3.8, 4) is 5.75 Å². The fourth-order valence-corrected chi connectivity index (χ4v) is 4.28. The first kappa shape index (κ1) is 22.4. The summed E-state index contributed by atoms with van der Waals surface area (Å²) in [7, 11) is 0. The summed E-state index contributed by atoms with van der Waals surface area (Å²) in [5.41, 5.74) is 0.244. The molecule has 3 unspecified atom stereocenters. The van der Waals surface area contributed by atoms with E-state index in [1.165, 1.54) is 36.6 Å². The molecule has 1 aromatic carbocycles. The van der Waals surface area contributed by atoms with Crippen LogP contribution in [0.1, 0.15) is 47.1 Å². The number of Topliss-reactive ketones (excluding diaryl/α,β-unsaturated/α-hetero) is 1. The molecule has 0 spiro atoms. The Morgan fingerprint density at radius 2 is 1.76 bits per heavy atom. The highest BCUT2D eigenvalue weighted by atomic mass is 16.5. The van der Waals surface area contributed by atoms with Gasteiger partial charge < -0.3 is 13.9 Å². The lowest BCUT2D eigenvalue weighted by atomic mass is 9.76. The normalized spacial score (nSPS) is 22.1. The Morgan fingerprint density at radius 1 is 1.03 bits per heavy atom. The molecular weight excluding hydrogens is 430 g/mol. The number of nitrogens with zero attached hydrogens (tertiary/aromatic N) is 1. The first-order chi connectivity index (χ1) is 15.8. The summed E-state index contributed by atoms with van der Waals surface area (Å²) in [4.78, 5) is 62.4. The average Bonchev–Trinajstić information content (AvgIpc) is 3.42. The van der Waals surface area contributed by atoms with Gasteiger partial charge in [-0.15, -0.1) is 0 Å². The molecule has 0 radical (unpaired) electrons. The number of ether oxygens (including phenoxy) is 2. The third kappa shape index (κ3) is 4.87. The smallest absolute Gasteiger partial charge is 0.379 e. The zero-order valence-electron chi connectivity index (χ0n) is 18.0. The van der Waals surface area contributed by atoms with Gasteiger partial charge in [0.25, 0.3) is 0 Å². The van der Waals surface area contributed by atoms with Crippen molar-refractivity contribution in [2.24, 2.45) is 17.8 Å². The molecule has 1 saturated carbocycles. The predicted octanol–water partition coefficient (Wildman–Crippen LogP) is 2.65. The van der Waals surface area contributed by atoms with Crippen molar-refractivity contribution < 1.29 is 37.9 Å². The minimum absolute atomic E-state index is 0.0470. The average molecular weight is 453 g/mol. The number of benzene rings is 1. The van der Waals surface area contributed by atoms with E-state index in [0.717, 1.165) is 11.3 Å². The van der Waals surface area contributed by atoms with Crippen molar-refractivity contribution in [2.45, 2.75) is 26.2 Å². The van der Waals surface area contributed by atoms with Gasteiger partial charge in [0.1, 0.15) is 12.3 Å². The highest BCUT2D eigenvalue weighted by Gasteiger charge is 2.49. The van der Waals surface area contributed by atoms with E-state index in [9.17, 15) is 24.0 Å². The summed E-state index contributed by atoms with van der Waals surface area (Å²) in [5, 5.41) is 0. The maximum absolute atomic E-state index is 12.6. The molecule has 9 heteroatoms. The van der Waals surface area contributed by atoms with Gasteiger partial charge in [-0.1, -0.05) is 6.92 Å². The molecule has 2 amide bonds. The van der Waals surface area contributed by atoms with Gasteiger partial charge in [-0.3, -0.25) is 24.1 Å². The molecule has 33 heavy (non-hydrogen) atoms. The largest absolute Gasteiger partial charge is 0.457 e. The molecule has 172 valence electrons. The monoisotopic (exact) mass is 453 g/mol. The Hall–Kier alpha value is -3.75. The molecule has 1 aromatic heterocycles. The van der Waals surface area contributed by atoms with Gasteiger partial charge in [0.05, 0.1) is 18.1 Å². The van der Waals surface area contributed by atoms with Crippen LogP contribution < -0.4 is 4.74 Å². The molecule has 0 bridgehead atoms. The number of hydrogen-bond donors (Lipinski definition) is 0. The second kappa shape index (κ2) is 9.40. The Morgan fingerprint density at radius 3 is 2.45 bits per heavy atom. The second-order valence-electron chi connectivity index (χ2n) is 8.37. The quantitative estimate of drug-likeness (QED) is 0.272. The van der Waals surface area contributed by atoms with Crippen molar-refractivity contribution in [1.82, 2.24) is 4.90 Å². The number of likely N-dealkylation sites (tertiary alicyclic amines) is 1. The molecule has 2 aromatic rings. The number of furan rings is 1. The lowest BCUT2D eigenvalue weighted by molar-refractivity contribution is -0.152. The van der Waals surface area contributed by atoms with Gasteiger partial charge in [-0.25, -0.2) is 4.79 Å². The van der Waals surface area contributed by atoms with Crippen molar-refractivity contribution in [3.05, 3.63) is 54.0 Å². The van der Waals surface area contributed by atoms with E-state index >= 15 is 0 Å². The maximum atomic E-state index is 12.6. The number of hydrogen-bond acceptors (Lipinski definition) is 8. The van der Waals surface area contributed by atoms with Crippen LogP contribution in [0.4, 0.5) is 0 Å². The SMILES string of the molecule is CC1CCC2C(=O)N(CC(=O)OCC(=O)c3ccc(OC(=O)c4ccco4)cc3)C(=O)C2C1. The van der Waals surface area contributed by atoms with Crippen molar-refractivity contribution in [1.29, 1.82) is 0 Å². The van der Waals surface area contributed by atoms with Gasteiger partial charge in [0, 0.05) is 5.56 Å². The molecule has 3 atom stereocenters. The fraction of sp³-hybridized carbons (Fsp3) is 0.375. The van der Waals surface area contributed by atoms with Gasteiger partial charge in [0.15, 0.2) is 12.4 Å².